The summed E-state index contributed by atoms with van der Waals surface area (Å²) in [5.74, 6) is 0.447. The molecule has 2 N–H and O–H groups in total. The number of alkyl halides is 3. The second-order valence-corrected chi connectivity index (χ2v) is 8.40. The van der Waals surface area contributed by atoms with Gasteiger partial charge in [0.1, 0.15) is 17.1 Å². The van der Waals surface area contributed by atoms with Gasteiger partial charge in [0.05, 0.1) is 6.61 Å². The SMILES string of the molecule is CCCOc1ccc(Nc2ncc(C(F)(F)F)c(Nc3ccc(C(C)(C)C)cc3)n2)cc1. The molecule has 0 amide bonds. The van der Waals surface area contributed by atoms with Crippen LogP contribution in [-0.2, 0) is 11.6 Å². The predicted octanol–water partition coefficient (Wildman–Crippen LogP) is 7.07. The molecule has 0 aliphatic carbocycles. The lowest BCUT2D eigenvalue weighted by atomic mass is 9.87. The number of hydrogen-bond donors (Lipinski definition) is 2. The number of nitrogens with one attached hydrogen (secondary N) is 2. The lowest BCUT2D eigenvalue weighted by molar-refractivity contribution is -0.137. The van der Waals surface area contributed by atoms with Crippen molar-refractivity contribution in [2.75, 3.05) is 17.2 Å². The fourth-order valence-electron chi connectivity index (χ4n) is 2.92. The number of hydrogen-bond acceptors (Lipinski definition) is 5. The Kier molecular flexibility index (Phi) is 6.91. The normalized spacial score (nSPS) is 11.8. The maximum Gasteiger partial charge on any atom is 0.421 e. The van der Waals surface area contributed by atoms with E-state index >= 15 is 0 Å². The van der Waals surface area contributed by atoms with Crippen LogP contribution >= 0.6 is 0 Å². The Bertz CT molecular complexity index is 1030. The molecule has 2 aromatic carbocycles. The van der Waals surface area contributed by atoms with Crippen LogP contribution in [0.15, 0.2) is 54.7 Å². The fraction of sp³-hybridized carbons (Fsp3) is 0.333. The van der Waals surface area contributed by atoms with Crippen molar-refractivity contribution < 1.29 is 17.9 Å². The van der Waals surface area contributed by atoms with Gasteiger partial charge in [0, 0.05) is 17.6 Å². The van der Waals surface area contributed by atoms with E-state index in [1.807, 2.05) is 19.1 Å². The molecule has 0 aliphatic heterocycles. The molecule has 0 spiro atoms. The maximum atomic E-state index is 13.5. The molecular formula is C24H27F3N4O. The number of ether oxygens (including phenoxy) is 1. The minimum absolute atomic E-state index is 0.0500. The number of rotatable bonds is 7. The van der Waals surface area contributed by atoms with E-state index in [2.05, 4.69) is 41.4 Å². The zero-order valence-corrected chi connectivity index (χ0v) is 18.5. The van der Waals surface area contributed by atoms with Crippen LogP contribution in [0, 0.1) is 0 Å². The Morgan fingerprint density at radius 3 is 2.03 bits per heavy atom. The highest BCUT2D eigenvalue weighted by molar-refractivity contribution is 5.63. The van der Waals surface area contributed by atoms with Gasteiger partial charge in [-0.25, -0.2) is 4.98 Å². The van der Waals surface area contributed by atoms with E-state index in [9.17, 15) is 13.2 Å². The average molecular weight is 445 g/mol. The first kappa shape index (κ1) is 23.4. The first-order valence-electron chi connectivity index (χ1n) is 10.4. The Hall–Kier alpha value is -3.29. The summed E-state index contributed by atoms with van der Waals surface area (Å²) in [5, 5.41) is 5.72. The van der Waals surface area contributed by atoms with E-state index in [1.54, 1.807) is 36.4 Å². The molecule has 0 saturated carbocycles. The second-order valence-electron chi connectivity index (χ2n) is 8.40. The molecule has 0 unspecified atom stereocenters. The third-order valence-electron chi connectivity index (χ3n) is 4.69. The number of benzene rings is 2. The summed E-state index contributed by atoms with van der Waals surface area (Å²) >= 11 is 0. The standard InChI is InChI=1S/C24H27F3N4O/c1-5-14-32-19-12-10-18(11-13-19)30-22-28-15-20(24(25,26)27)21(31-22)29-17-8-6-16(7-9-17)23(2,3)4/h6-13,15H,5,14H2,1-4H3,(H2,28,29,30,31). The summed E-state index contributed by atoms with van der Waals surface area (Å²) in [7, 11) is 0. The number of anilines is 4. The molecule has 0 bridgehead atoms. The van der Waals surface area contributed by atoms with Gasteiger partial charge in [-0.05, 0) is 53.8 Å². The van der Waals surface area contributed by atoms with Gasteiger partial charge in [0.15, 0.2) is 0 Å². The first-order valence-corrected chi connectivity index (χ1v) is 10.4. The van der Waals surface area contributed by atoms with Crippen molar-refractivity contribution in [2.45, 2.75) is 45.7 Å². The molecule has 8 heteroatoms. The third-order valence-corrected chi connectivity index (χ3v) is 4.69. The van der Waals surface area contributed by atoms with Crippen LogP contribution in [-0.4, -0.2) is 16.6 Å². The largest absolute Gasteiger partial charge is 0.494 e. The monoisotopic (exact) mass is 444 g/mol. The maximum absolute atomic E-state index is 13.5. The van der Waals surface area contributed by atoms with Crippen molar-refractivity contribution in [3.8, 4) is 5.75 Å². The van der Waals surface area contributed by atoms with Gasteiger partial charge >= 0.3 is 6.18 Å². The van der Waals surface area contributed by atoms with E-state index in [1.165, 1.54) is 0 Å². The average Bonchev–Trinajstić information content (AvgIpc) is 2.72. The topological polar surface area (TPSA) is 59.1 Å². The highest BCUT2D eigenvalue weighted by Crippen LogP contribution is 2.35. The molecule has 32 heavy (non-hydrogen) atoms. The summed E-state index contributed by atoms with van der Waals surface area (Å²) in [4.78, 5) is 7.94. The Morgan fingerprint density at radius 2 is 1.47 bits per heavy atom. The highest BCUT2D eigenvalue weighted by Gasteiger charge is 2.35. The predicted molar refractivity (Wildman–Crippen MR) is 121 cm³/mol. The smallest absolute Gasteiger partial charge is 0.421 e. The third kappa shape index (κ3) is 6.12. The van der Waals surface area contributed by atoms with Gasteiger partial charge in [-0.15, -0.1) is 0 Å². The molecule has 170 valence electrons. The minimum Gasteiger partial charge on any atom is -0.494 e. The molecule has 3 rings (SSSR count). The van der Waals surface area contributed by atoms with Gasteiger partial charge < -0.3 is 15.4 Å². The van der Waals surface area contributed by atoms with Crippen molar-refractivity contribution in [3.63, 3.8) is 0 Å². The molecule has 0 atom stereocenters. The quantitative estimate of drug-likeness (QED) is 0.408. The summed E-state index contributed by atoms with van der Waals surface area (Å²) in [5.41, 5.74) is 1.22. The van der Waals surface area contributed by atoms with E-state index in [0.29, 0.717) is 23.7 Å². The van der Waals surface area contributed by atoms with Crippen LogP contribution in [0.1, 0.15) is 45.2 Å². The fourth-order valence-corrected chi connectivity index (χ4v) is 2.92. The van der Waals surface area contributed by atoms with Gasteiger partial charge in [-0.1, -0.05) is 39.8 Å². The van der Waals surface area contributed by atoms with Gasteiger partial charge in [0.25, 0.3) is 0 Å². The van der Waals surface area contributed by atoms with Crippen LogP contribution in [0.3, 0.4) is 0 Å². The molecule has 0 radical (unpaired) electrons. The van der Waals surface area contributed by atoms with Gasteiger partial charge in [-0.3, -0.25) is 0 Å². The summed E-state index contributed by atoms with van der Waals surface area (Å²) < 4.78 is 46.1. The number of halogens is 3. The van der Waals surface area contributed by atoms with Crippen LogP contribution < -0.4 is 15.4 Å². The summed E-state index contributed by atoms with van der Waals surface area (Å²) in [6, 6.07) is 14.3. The van der Waals surface area contributed by atoms with Crippen LogP contribution in [0.4, 0.5) is 36.3 Å². The molecule has 0 fully saturated rings. The van der Waals surface area contributed by atoms with Crippen LogP contribution in [0.5, 0.6) is 5.75 Å². The van der Waals surface area contributed by atoms with Gasteiger partial charge in [0.2, 0.25) is 5.95 Å². The van der Waals surface area contributed by atoms with Crippen LogP contribution in [0.25, 0.3) is 0 Å². The van der Waals surface area contributed by atoms with Crippen molar-refractivity contribution in [1.29, 1.82) is 0 Å². The lowest BCUT2D eigenvalue weighted by Gasteiger charge is -2.20. The van der Waals surface area contributed by atoms with Crippen LogP contribution in [0.2, 0.25) is 0 Å². The van der Waals surface area contributed by atoms with Crippen molar-refractivity contribution >= 4 is 23.1 Å². The summed E-state index contributed by atoms with van der Waals surface area (Å²) in [6.45, 7) is 8.84. The van der Waals surface area contributed by atoms with Crippen molar-refractivity contribution in [2.24, 2.45) is 0 Å². The Labute approximate surface area is 186 Å². The molecule has 1 heterocycles. The lowest BCUT2D eigenvalue weighted by Crippen LogP contribution is -2.13. The molecule has 3 aromatic rings. The van der Waals surface area contributed by atoms with E-state index in [0.717, 1.165) is 18.2 Å². The Morgan fingerprint density at radius 1 is 0.875 bits per heavy atom. The molecule has 5 nitrogen and oxygen atoms in total. The number of nitrogens with zero attached hydrogens (tertiary/aromatic N) is 2. The zero-order chi connectivity index (χ0) is 23.4. The summed E-state index contributed by atoms with van der Waals surface area (Å²) in [6.07, 6.45) is -2.92. The first-order chi connectivity index (χ1) is 15.1. The zero-order valence-electron chi connectivity index (χ0n) is 18.5. The van der Waals surface area contributed by atoms with E-state index in [-0.39, 0.29) is 17.2 Å². The van der Waals surface area contributed by atoms with Gasteiger partial charge in [-0.2, -0.15) is 18.2 Å². The van der Waals surface area contributed by atoms with Crippen molar-refractivity contribution in [1.82, 2.24) is 9.97 Å². The minimum atomic E-state index is -4.59. The Balaban J connectivity index is 1.83. The van der Waals surface area contributed by atoms with E-state index in [4.69, 9.17) is 4.74 Å². The molecular weight excluding hydrogens is 417 g/mol. The van der Waals surface area contributed by atoms with E-state index < -0.39 is 11.7 Å². The highest BCUT2D eigenvalue weighted by atomic mass is 19.4. The second kappa shape index (κ2) is 9.46. The number of aromatic nitrogens is 2. The molecule has 0 aliphatic rings. The molecule has 1 aromatic heterocycles. The molecule has 0 saturated heterocycles. The van der Waals surface area contributed by atoms with Crippen molar-refractivity contribution in [3.05, 3.63) is 65.9 Å².